The summed E-state index contributed by atoms with van der Waals surface area (Å²) in [5.41, 5.74) is 1.94. The number of methoxy groups -OCH3 is 1. The average molecular weight is 318 g/mol. The molecule has 2 fully saturated rings. The van der Waals surface area contributed by atoms with Crippen LogP contribution in [0.1, 0.15) is 6.92 Å². The van der Waals surface area contributed by atoms with Gasteiger partial charge >= 0.3 is 0 Å². The van der Waals surface area contributed by atoms with E-state index in [2.05, 4.69) is 4.90 Å². The highest BCUT2D eigenvalue weighted by molar-refractivity contribution is 5.95. The third-order valence-corrected chi connectivity index (χ3v) is 4.00. The number of allylic oxidation sites excluding steroid dienone is 1. The Kier molecular flexibility index (Phi) is 4.83. The van der Waals surface area contributed by atoms with Crippen LogP contribution in [0.2, 0.25) is 0 Å². The number of anilines is 2. The van der Waals surface area contributed by atoms with Gasteiger partial charge in [-0.05, 0) is 37.3 Å². The second-order valence-electron chi connectivity index (χ2n) is 5.55. The van der Waals surface area contributed by atoms with E-state index in [1.807, 2.05) is 37.3 Å². The summed E-state index contributed by atoms with van der Waals surface area (Å²) in [6.45, 7) is 4.61. The van der Waals surface area contributed by atoms with Crippen LogP contribution in [0.3, 0.4) is 0 Å². The van der Waals surface area contributed by atoms with E-state index < -0.39 is 0 Å². The molecule has 1 aromatic carbocycles. The highest BCUT2D eigenvalue weighted by Gasteiger charge is 2.28. The molecule has 0 N–H and O–H groups in total. The molecule has 0 saturated carbocycles. The molecular weight excluding hydrogens is 296 g/mol. The van der Waals surface area contributed by atoms with Crippen molar-refractivity contribution in [3.8, 4) is 0 Å². The maximum Gasteiger partial charge on any atom is 0.253 e. The van der Waals surface area contributed by atoms with Crippen LogP contribution in [0.25, 0.3) is 0 Å². The van der Waals surface area contributed by atoms with Crippen molar-refractivity contribution < 1.29 is 19.0 Å². The highest BCUT2D eigenvalue weighted by atomic mass is 16.5. The molecule has 0 spiro atoms. The van der Waals surface area contributed by atoms with Crippen molar-refractivity contribution in [3.05, 3.63) is 36.2 Å². The largest absolute Gasteiger partial charge is 0.471 e. The smallest absolute Gasteiger partial charge is 0.253 e. The van der Waals surface area contributed by atoms with Gasteiger partial charge in [-0.3, -0.25) is 4.79 Å². The van der Waals surface area contributed by atoms with Gasteiger partial charge in [-0.15, -0.1) is 0 Å². The predicted octanol–water partition coefficient (Wildman–Crippen LogP) is 1.76. The Hall–Kier alpha value is -2.05. The summed E-state index contributed by atoms with van der Waals surface area (Å²) in [7, 11) is 1.68. The number of carbonyl (C=O) groups excluding carboxylic acids is 1. The fourth-order valence-electron chi connectivity index (χ4n) is 2.90. The van der Waals surface area contributed by atoms with Crippen LogP contribution in [0.15, 0.2) is 36.2 Å². The molecule has 0 bridgehead atoms. The van der Waals surface area contributed by atoms with Crippen molar-refractivity contribution >= 4 is 17.3 Å². The van der Waals surface area contributed by atoms with Gasteiger partial charge in [0.25, 0.3) is 5.91 Å². The van der Waals surface area contributed by atoms with Crippen LogP contribution in [-0.2, 0) is 19.0 Å². The summed E-state index contributed by atoms with van der Waals surface area (Å²) < 4.78 is 16.2. The van der Waals surface area contributed by atoms with E-state index in [-0.39, 0.29) is 18.6 Å². The zero-order valence-corrected chi connectivity index (χ0v) is 13.5. The fraction of sp³-hybridized carbons (Fsp3) is 0.471. The second-order valence-corrected chi connectivity index (χ2v) is 5.55. The highest BCUT2D eigenvalue weighted by Crippen LogP contribution is 2.29. The maximum atomic E-state index is 11.9. The van der Waals surface area contributed by atoms with Crippen molar-refractivity contribution in [2.45, 2.75) is 13.0 Å². The molecule has 1 aromatic rings. The lowest BCUT2D eigenvalue weighted by atomic mass is 10.2. The van der Waals surface area contributed by atoms with Crippen molar-refractivity contribution in [1.29, 1.82) is 0 Å². The van der Waals surface area contributed by atoms with E-state index in [9.17, 15) is 4.79 Å². The van der Waals surface area contributed by atoms with Gasteiger partial charge in [-0.25, -0.2) is 0 Å². The first-order valence-electron chi connectivity index (χ1n) is 7.80. The number of hydrogen-bond donors (Lipinski definition) is 0. The van der Waals surface area contributed by atoms with E-state index in [1.54, 1.807) is 12.0 Å². The van der Waals surface area contributed by atoms with Gasteiger partial charge in [0.1, 0.15) is 12.7 Å². The Morgan fingerprint density at radius 1 is 1.26 bits per heavy atom. The molecule has 6 heteroatoms. The van der Waals surface area contributed by atoms with Gasteiger partial charge in [0.15, 0.2) is 5.88 Å². The number of morpholine rings is 1. The molecule has 0 radical (unpaired) electrons. The van der Waals surface area contributed by atoms with E-state index in [0.717, 1.165) is 23.8 Å². The lowest BCUT2D eigenvalue weighted by molar-refractivity contribution is -0.125. The molecule has 2 heterocycles. The molecule has 3 rings (SSSR count). The Bertz CT molecular complexity index is 585. The minimum absolute atomic E-state index is 0.00260. The first-order chi connectivity index (χ1) is 11.2. The average Bonchev–Trinajstić information content (AvgIpc) is 2.99. The quantitative estimate of drug-likeness (QED) is 0.847. The van der Waals surface area contributed by atoms with Crippen LogP contribution in [0, 0.1) is 0 Å². The van der Waals surface area contributed by atoms with Gasteiger partial charge in [-0.1, -0.05) is 0 Å². The minimum atomic E-state index is 0.00260. The summed E-state index contributed by atoms with van der Waals surface area (Å²) in [5, 5.41) is 0. The normalized spacial score (nSPS) is 23.5. The summed E-state index contributed by atoms with van der Waals surface area (Å²) >= 11 is 0. The molecule has 1 atom stereocenters. The molecule has 0 aliphatic carbocycles. The first-order valence-corrected chi connectivity index (χ1v) is 7.80. The van der Waals surface area contributed by atoms with Gasteiger partial charge in [-0.2, -0.15) is 0 Å². The summed E-state index contributed by atoms with van der Waals surface area (Å²) in [6, 6.07) is 7.96. The number of ether oxygens (including phenoxy) is 3. The number of rotatable bonds is 4. The predicted molar refractivity (Wildman–Crippen MR) is 87.5 cm³/mol. The lowest BCUT2D eigenvalue weighted by Gasteiger charge is -2.27. The Balaban J connectivity index is 1.75. The summed E-state index contributed by atoms with van der Waals surface area (Å²) in [6.07, 6.45) is 1.99. The van der Waals surface area contributed by atoms with Crippen LogP contribution < -0.4 is 9.80 Å². The van der Waals surface area contributed by atoms with Crippen molar-refractivity contribution in [2.75, 3.05) is 49.8 Å². The van der Waals surface area contributed by atoms with Crippen molar-refractivity contribution in [3.63, 3.8) is 0 Å². The molecule has 2 aliphatic heterocycles. The SMILES string of the molecule is CC=C1OC(COC)CN1c1ccc(N2CCOCC2=O)cc1. The topological polar surface area (TPSA) is 51.2 Å². The Labute approximate surface area is 136 Å². The van der Waals surface area contributed by atoms with E-state index in [4.69, 9.17) is 14.2 Å². The number of nitrogens with zero attached hydrogens (tertiary/aromatic N) is 2. The number of carbonyl (C=O) groups is 1. The molecule has 0 aromatic heterocycles. The second kappa shape index (κ2) is 7.02. The van der Waals surface area contributed by atoms with E-state index in [1.165, 1.54) is 0 Å². The third kappa shape index (κ3) is 3.33. The van der Waals surface area contributed by atoms with Crippen LogP contribution >= 0.6 is 0 Å². The van der Waals surface area contributed by atoms with Crippen molar-refractivity contribution in [1.82, 2.24) is 0 Å². The van der Waals surface area contributed by atoms with Crippen LogP contribution in [-0.4, -0.2) is 52.0 Å². The molecule has 1 amide bonds. The van der Waals surface area contributed by atoms with Crippen LogP contribution in [0.5, 0.6) is 0 Å². The lowest BCUT2D eigenvalue weighted by Crippen LogP contribution is -2.41. The molecule has 2 saturated heterocycles. The molecule has 23 heavy (non-hydrogen) atoms. The number of amides is 1. The number of hydrogen-bond acceptors (Lipinski definition) is 5. The Morgan fingerprint density at radius 3 is 2.57 bits per heavy atom. The minimum Gasteiger partial charge on any atom is -0.471 e. The molecular formula is C17H22N2O4. The monoisotopic (exact) mass is 318 g/mol. The molecule has 6 nitrogen and oxygen atoms in total. The molecule has 124 valence electrons. The van der Waals surface area contributed by atoms with E-state index in [0.29, 0.717) is 19.8 Å². The zero-order valence-electron chi connectivity index (χ0n) is 13.5. The maximum absolute atomic E-state index is 11.9. The molecule has 2 aliphatic rings. The van der Waals surface area contributed by atoms with Gasteiger partial charge in [0, 0.05) is 25.0 Å². The third-order valence-electron chi connectivity index (χ3n) is 4.00. The summed E-state index contributed by atoms with van der Waals surface area (Å²) in [5.74, 6) is 0.838. The first kappa shape index (κ1) is 15.8. The standard InChI is InChI=1S/C17H22N2O4/c1-3-17-19(10-15(23-17)11-21-2)14-6-4-13(5-7-14)18-8-9-22-12-16(18)20/h3-7,15H,8-12H2,1-2H3. The van der Waals surface area contributed by atoms with Crippen LogP contribution in [0.4, 0.5) is 11.4 Å². The zero-order chi connectivity index (χ0) is 16.2. The van der Waals surface area contributed by atoms with Gasteiger partial charge in [0.05, 0.1) is 19.8 Å². The summed E-state index contributed by atoms with van der Waals surface area (Å²) in [4.78, 5) is 15.8. The van der Waals surface area contributed by atoms with Gasteiger partial charge < -0.3 is 24.0 Å². The van der Waals surface area contributed by atoms with E-state index >= 15 is 0 Å². The fourth-order valence-corrected chi connectivity index (χ4v) is 2.90. The molecule has 1 unspecified atom stereocenters. The van der Waals surface area contributed by atoms with Crippen molar-refractivity contribution in [2.24, 2.45) is 0 Å². The Morgan fingerprint density at radius 2 is 1.96 bits per heavy atom. The number of benzene rings is 1. The van der Waals surface area contributed by atoms with Gasteiger partial charge in [0.2, 0.25) is 0 Å².